The first-order valence-electron chi connectivity index (χ1n) is 4.81. The van der Waals surface area contributed by atoms with Gasteiger partial charge in [-0.3, -0.25) is 4.79 Å². The number of nitrogens with zero attached hydrogens (tertiary/aromatic N) is 1. The zero-order valence-corrected chi connectivity index (χ0v) is 8.16. The van der Waals surface area contributed by atoms with Crippen LogP contribution in [0.1, 0.15) is 28.8 Å². The molecule has 0 aliphatic heterocycles. The summed E-state index contributed by atoms with van der Waals surface area (Å²) in [5.74, 6) is -0.117. The Labute approximate surface area is 87.7 Å². The minimum Gasteiger partial charge on any atom is -0.398 e. The number of nitriles is 1. The summed E-state index contributed by atoms with van der Waals surface area (Å²) in [5, 5.41) is 11.5. The molecule has 15 heavy (non-hydrogen) atoms. The minimum absolute atomic E-state index is 0.117. The fourth-order valence-corrected chi connectivity index (χ4v) is 1.30. The molecule has 1 aliphatic carbocycles. The molecule has 0 aromatic heterocycles. The van der Waals surface area contributed by atoms with Crippen LogP contribution in [0.4, 0.5) is 5.69 Å². The molecule has 0 unspecified atom stereocenters. The van der Waals surface area contributed by atoms with Gasteiger partial charge >= 0.3 is 0 Å². The lowest BCUT2D eigenvalue weighted by molar-refractivity contribution is 0.0951. The molecular formula is C11H11N3O. The summed E-state index contributed by atoms with van der Waals surface area (Å²) in [6.07, 6.45) is 2.11. The first-order valence-corrected chi connectivity index (χ1v) is 4.81. The number of rotatable bonds is 2. The van der Waals surface area contributed by atoms with E-state index in [1.54, 1.807) is 12.1 Å². The number of benzene rings is 1. The summed E-state index contributed by atoms with van der Waals surface area (Å²) in [4.78, 5) is 11.6. The molecule has 1 aromatic carbocycles. The van der Waals surface area contributed by atoms with E-state index < -0.39 is 0 Å². The summed E-state index contributed by atoms with van der Waals surface area (Å²) in [6, 6.07) is 7.01. The highest BCUT2D eigenvalue weighted by Gasteiger charge is 2.23. The Balaban J connectivity index is 2.18. The van der Waals surface area contributed by atoms with Gasteiger partial charge in [0.1, 0.15) is 6.07 Å². The van der Waals surface area contributed by atoms with Crippen molar-refractivity contribution in [3.8, 4) is 6.07 Å². The van der Waals surface area contributed by atoms with E-state index in [9.17, 15) is 4.79 Å². The molecule has 1 amide bonds. The number of nitrogens with two attached hydrogens (primary N) is 1. The molecule has 0 spiro atoms. The first-order chi connectivity index (χ1) is 7.20. The third-order valence-electron chi connectivity index (χ3n) is 2.35. The summed E-state index contributed by atoms with van der Waals surface area (Å²) < 4.78 is 0. The predicted molar refractivity (Wildman–Crippen MR) is 56.1 cm³/mol. The third kappa shape index (κ3) is 2.08. The van der Waals surface area contributed by atoms with Crippen molar-refractivity contribution in [3.05, 3.63) is 29.3 Å². The molecule has 0 radical (unpaired) electrons. The van der Waals surface area contributed by atoms with Crippen molar-refractivity contribution in [3.63, 3.8) is 0 Å². The molecule has 1 saturated carbocycles. The molecule has 0 bridgehead atoms. The Morgan fingerprint density at radius 3 is 2.80 bits per heavy atom. The van der Waals surface area contributed by atoms with Gasteiger partial charge in [0, 0.05) is 11.6 Å². The molecule has 4 heteroatoms. The normalized spacial score (nSPS) is 14.3. The number of nitrogen functional groups attached to an aromatic ring is 1. The first kappa shape index (κ1) is 9.53. The number of carbonyl (C=O) groups excluding carboxylic acids is 1. The van der Waals surface area contributed by atoms with Crippen LogP contribution in [0.2, 0.25) is 0 Å². The maximum absolute atomic E-state index is 11.6. The predicted octanol–water partition coefficient (Wildman–Crippen LogP) is 1.03. The quantitative estimate of drug-likeness (QED) is 0.701. The third-order valence-corrected chi connectivity index (χ3v) is 2.35. The van der Waals surface area contributed by atoms with Gasteiger partial charge in [-0.05, 0) is 31.0 Å². The van der Waals surface area contributed by atoms with Crippen molar-refractivity contribution in [1.82, 2.24) is 5.32 Å². The summed E-state index contributed by atoms with van der Waals surface area (Å²) >= 11 is 0. The van der Waals surface area contributed by atoms with Gasteiger partial charge < -0.3 is 11.1 Å². The molecule has 1 aromatic rings. The van der Waals surface area contributed by atoms with Gasteiger partial charge in [-0.2, -0.15) is 5.26 Å². The molecule has 0 heterocycles. The second-order valence-electron chi connectivity index (χ2n) is 3.66. The van der Waals surface area contributed by atoms with E-state index in [4.69, 9.17) is 11.0 Å². The Hall–Kier alpha value is -2.02. The van der Waals surface area contributed by atoms with Gasteiger partial charge in [-0.15, -0.1) is 0 Å². The number of hydrogen-bond donors (Lipinski definition) is 2. The van der Waals surface area contributed by atoms with Crippen LogP contribution in [0.15, 0.2) is 18.2 Å². The van der Waals surface area contributed by atoms with Gasteiger partial charge in [-0.1, -0.05) is 0 Å². The second-order valence-corrected chi connectivity index (χ2v) is 3.66. The smallest absolute Gasteiger partial charge is 0.251 e. The highest BCUT2D eigenvalue weighted by atomic mass is 16.1. The SMILES string of the molecule is N#Cc1ccc(C(=O)NC2CC2)cc1N. The van der Waals surface area contributed by atoms with E-state index in [0.29, 0.717) is 22.9 Å². The summed E-state index contributed by atoms with van der Waals surface area (Å²) in [5.41, 5.74) is 6.88. The molecule has 2 rings (SSSR count). The topological polar surface area (TPSA) is 78.9 Å². The molecule has 0 saturated heterocycles. The van der Waals surface area contributed by atoms with Gasteiger partial charge in [0.2, 0.25) is 0 Å². The van der Waals surface area contributed by atoms with Crippen LogP contribution in [0.3, 0.4) is 0 Å². The lowest BCUT2D eigenvalue weighted by atomic mass is 10.1. The van der Waals surface area contributed by atoms with Crippen LogP contribution in [0, 0.1) is 11.3 Å². The van der Waals surface area contributed by atoms with Crippen molar-refractivity contribution >= 4 is 11.6 Å². The number of hydrogen-bond acceptors (Lipinski definition) is 3. The standard InChI is InChI=1S/C11H11N3O/c12-6-8-2-1-7(5-10(8)13)11(15)14-9-3-4-9/h1-2,5,9H,3-4,13H2,(H,14,15). The molecule has 1 fully saturated rings. The van der Waals surface area contributed by atoms with Crippen molar-refractivity contribution < 1.29 is 4.79 Å². The van der Waals surface area contributed by atoms with Crippen LogP contribution in [0.5, 0.6) is 0 Å². The van der Waals surface area contributed by atoms with Crippen LogP contribution in [-0.2, 0) is 0 Å². The maximum atomic E-state index is 11.6. The molecule has 76 valence electrons. The van der Waals surface area contributed by atoms with Crippen LogP contribution in [-0.4, -0.2) is 11.9 Å². The molecule has 0 atom stereocenters. The number of carbonyl (C=O) groups is 1. The van der Waals surface area contributed by atoms with E-state index in [-0.39, 0.29) is 5.91 Å². The zero-order chi connectivity index (χ0) is 10.8. The second kappa shape index (κ2) is 3.62. The Morgan fingerprint density at radius 2 is 2.27 bits per heavy atom. The van der Waals surface area contributed by atoms with E-state index in [1.165, 1.54) is 6.07 Å². The van der Waals surface area contributed by atoms with Gasteiger partial charge in [0.25, 0.3) is 5.91 Å². The molecular weight excluding hydrogens is 190 g/mol. The lowest BCUT2D eigenvalue weighted by Crippen LogP contribution is -2.25. The van der Waals surface area contributed by atoms with E-state index in [1.807, 2.05) is 6.07 Å². The maximum Gasteiger partial charge on any atom is 0.251 e. The summed E-state index contributed by atoms with van der Waals surface area (Å²) in [7, 11) is 0. The highest BCUT2D eigenvalue weighted by molar-refractivity contribution is 5.95. The average molecular weight is 201 g/mol. The number of amides is 1. The Bertz CT molecular complexity index is 444. The van der Waals surface area contributed by atoms with E-state index in [0.717, 1.165) is 12.8 Å². The van der Waals surface area contributed by atoms with Crippen LogP contribution < -0.4 is 11.1 Å². The Morgan fingerprint density at radius 1 is 1.53 bits per heavy atom. The van der Waals surface area contributed by atoms with E-state index in [2.05, 4.69) is 5.32 Å². The summed E-state index contributed by atoms with van der Waals surface area (Å²) in [6.45, 7) is 0. The lowest BCUT2D eigenvalue weighted by Gasteiger charge is -2.04. The fourth-order valence-electron chi connectivity index (χ4n) is 1.30. The monoisotopic (exact) mass is 201 g/mol. The zero-order valence-electron chi connectivity index (χ0n) is 8.16. The number of anilines is 1. The van der Waals surface area contributed by atoms with E-state index >= 15 is 0 Å². The molecule has 3 N–H and O–H groups in total. The molecule has 1 aliphatic rings. The average Bonchev–Trinajstić information content (AvgIpc) is 3.01. The largest absolute Gasteiger partial charge is 0.398 e. The minimum atomic E-state index is -0.117. The molecule has 4 nitrogen and oxygen atoms in total. The highest BCUT2D eigenvalue weighted by Crippen LogP contribution is 2.20. The van der Waals surface area contributed by atoms with Crippen molar-refractivity contribution in [2.45, 2.75) is 18.9 Å². The fraction of sp³-hybridized carbons (Fsp3) is 0.273. The van der Waals surface area contributed by atoms with Gasteiger partial charge in [0.05, 0.1) is 11.3 Å². The van der Waals surface area contributed by atoms with Crippen molar-refractivity contribution in [2.75, 3.05) is 5.73 Å². The van der Waals surface area contributed by atoms with Crippen LogP contribution in [0.25, 0.3) is 0 Å². The number of nitrogens with one attached hydrogen (secondary N) is 1. The van der Waals surface area contributed by atoms with Gasteiger partial charge in [0.15, 0.2) is 0 Å². The van der Waals surface area contributed by atoms with Crippen LogP contribution >= 0.6 is 0 Å². The van der Waals surface area contributed by atoms with Crippen molar-refractivity contribution in [2.24, 2.45) is 0 Å². The van der Waals surface area contributed by atoms with Gasteiger partial charge in [-0.25, -0.2) is 0 Å². The van der Waals surface area contributed by atoms with Crippen molar-refractivity contribution in [1.29, 1.82) is 5.26 Å². The Kier molecular flexibility index (Phi) is 2.30.